The molecule has 1 rings (SSSR count). The Hall–Kier alpha value is -0.710. The fourth-order valence-corrected chi connectivity index (χ4v) is 2.44. The number of nitrogens with two attached hydrogens (primary N) is 1. The number of hydrogen-bond acceptors (Lipinski definition) is 3. The maximum atomic E-state index is 11.0. The van der Waals surface area contributed by atoms with Crippen molar-refractivity contribution in [3.8, 4) is 0 Å². The highest BCUT2D eigenvalue weighted by atomic mass is 35.5. The van der Waals surface area contributed by atoms with Gasteiger partial charge < -0.3 is 11.1 Å². The van der Waals surface area contributed by atoms with Gasteiger partial charge in [-0.2, -0.15) is 11.8 Å². The van der Waals surface area contributed by atoms with Gasteiger partial charge in [-0.05, 0) is 30.4 Å². The number of carbonyl (C=O) groups excluding carboxylic acids is 1. The number of primary amides is 1. The van der Waals surface area contributed by atoms with Crippen LogP contribution in [0.2, 0.25) is 5.02 Å². The molecule has 1 unspecified atom stereocenters. The molecule has 0 aromatic heterocycles. The van der Waals surface area contributed by atoms with Gasteiger partial charge in [0.25, 0.3) is 0 Å². The minimum absolute atomic E-state index is 0.432. The highest BCUT2D eigenvalue weighted by Crippen LogP contribution is 2.18. The van der Waals surface area contributed by atoms with E-state index in [1.807, 2.05) is 17.8 Å². The summed E-state index contributed by atoms with van der Waals surface area (Å²) in [7, 11) is 0. The van der Waals surface area contributed by atoms with E-state index in [9.17, 15) is 4.79 Å². The third-order valence-electron chi connectivity index (χ3n) is 2.55. The number of nitrogens with one attached hydrogen (secondary N) is 1. The number of rotatable bonds is 7. The number of benzene rings is 1. The van der Waals surface area contributed by atoms with Gasteiger partial charge in [0.15, 0.2) is 0 Å². The molecule has 0 aliphatic rings. The second-order valence-corrected chi connectivity index (χ2v) is 5.84. The first kappa shape index (κ1) is 15.3. The van der Waals surface area contributed by atoms with Crippen LogP contribution >= 0.6 is 23.4 Å². The lowest BCUT2D eigenvalue weighted by Gasteiger charge is -2.14. The number of amides is 1. The number of thioether (sulfide) groups is 1. The lowest BCUT2D eigenvalue weighted by atomic mass is 10.1. The maximum absolute atomic E-state index is 11.0. The third-order valence-corrected chi connectivity index (χ3v) is 4.05. The molecule has 0 aliphatic carbocycles. The van der Waals surface area contributed by atoms with Crippen molar-refractivity contribution in [2.75, 3.05) is 11.5 Å². The fraction of sp³-hybridized carbons (Fsp3) is 0.462. The lowest BCUT2D eigenvalue weighted by Crippen LogP contribution is -2.27. The average Bonchev–Trinajstić information content (AvgIpc) is 2.34. The summed E-state index contributed by atoms with van der Waals surface area (Å²) in [5, 5.41) is 3.98. The zero-order valence-electron chi connectivity index (χ0n) is 10.7. The second kappa shape index (κ2) is 7.67. The fourth-order valence-electron chi connectivity index (χ4n) is 1.48. The van der Waals surface area contributed by atoms with Crippen molar-refractivity contribution in [3.63, 3.8) is 0 Å². The predicted octanol–water partition coefficient (Wildman–Crippen LogP) is 2.67. The maximum Gasteiger partial charge on any atom is 0.248 e. The van der Waals surface area contributed by atoms with Crippen LogP contribution in [0.3, 0.4) is 0 Å². The van der Waals surface area contributed by atoms with Crippen LogP contribution in [0.1, 0.15) is 29.8 Å². The zero-order valence-corrected chi connectivity index (χ0v) is 12.3. The van der Waals surface area contributed by atoms with Crippen LogP contribution in [0, 0.1) is 0 Å². The molecule has 0 aliphatic heterocycles. The van der Waals surface area contributed by atoms with E-state index in [-0.39, 0.29) is 0 Å². The Balaban J connectivity index is 2.55. The number of carbonyl (C=O) groups is 1. The van der Waals surface area contributed by atoms with E-state index in [0.29, 0.717) is 23.2 Å². The van der Waals surface area contributed by atoms with Crippen LogP contribution < -0.4 is 11.1 Å². The van der Waals surface area contributed by atoms with E-state index < -0.39 is 5.91 Å². The Morgan fingerprint density at radius 1 is 1.56 bits per heavy atom. The van der Waals surface area contributed by atoms with Crippen molar-refractivity contribution in [1.82, 2.24) is 5.32 Å². The Kier molecular flexibility index (Phi) is 6.54. The van der Waals surface area contributed by atoms with Crippen molar-refractivity contribution < 1.29 is 4.79 Å². The molecular weight excluding hydrogens is 268 g/mol. The molecule has 1 aromatic carbocycles. The SMILES string of the molecule is CCSCC(C)NCc1ccc(C(N)=O)cc1Cl. The van der Waals surface area contributed by atoms with Crippen LogP contribution in [-0.2, 0) is 6.54 Å². The Morgan fingerprint density at radius 3 is 2.83 bits per heavy atom. The normalized spacial score (nSPS) is 12.4. The largest absolute Gasteiger partial charge is 0.366 e. The first-order valence-corrected chi connectivity index (χ1v) is 7.47. The van der Waals surface area contributed by atoms with E-state index in [4.69, 9.17) is 17.3 Å². The predicted molar refractivity (Wildman–Crippen MR) is 79.3 cm³/mol. The van der Waals surface area contributed by atoms with Gasteiger partial charge in [-0.15, -0.1) is 0 Å². The minimum atomic E-state index is -0.455. The van der Waals surface area contributed by atoms with E-state index in [0.717, 1.165) is 17.1 Å². The van der Waals surface area contributed by atoms with E-state index in [1.165, 1.54) is 0 Å². The van der Waals surface area contributed by atoms with Gasteiger partial charge in [-0.3, -0.25) is 4.79 Å². The van der Waals surface area contributed by atoms with Gasteiger partial charge in [0.2, 0.25) is 5.91 Å². The molecule has 0 saturated carbocycles. The van der Waals surface area contributed by atoms with Gasteiger partial charge in [-0.25, -0.2) is 0 Å². The lowest BCUT2D eigenvalue weighted by molar-refractivity contribution is 0.100. The molecule has 1 aromatic rings. The summed E-state index contributed by atoms with van der Waals surface area (Å²) < 4.78 is 0. The Bertz CT molecular complexity index is 412. The molecule has 18 heavy (non-hydrogen) atoms. The number of halogens is 1. The molecular formula is C13H19ClN2OS. The van der Waals surface area contributed by atoms with Crippen molar-refractivity contribution in [2.45, 2.75) is 26.4 Å². The van der Waals surface area contributed by atoms with Crippen LogP contribution in [0.4, 0.5) is 0 Å². The second-order valence-electron chi connectivity index (χ2n) is 4.11. The summed E-state index contributed by atoms with van der Waals surface area (Å²) in [4.78, 5) is 11.0. The molecule has 1 atom stereocenters. The van der Waals surface area contributed by atoms with E-state index >= 15 is 0 Å². The van der Waals surface area contributed by atoms with Gasteiger partial charge in [-0.1, -0.05) is 24.6 Å². The summed E-state index contributed by atoms with van der Waals surface area (Å²) in [6.07, 6.45) is 0. The molecule has 3 N–H and O–H groups in total. The molecule has 0 bridgehead atoms. The van der Waals surface area contributed by atoms with Crippen LogP contribution in [0.15, 0.2) is 18.2 Å². The van der Waals surface area contributed by atoms with Gasteiger partial charge >= 0.3 is 0 Å². The summed E-state index contributed by atoms with van der Waals surface area (Å²) in [6.45, 7) is 4.99. The molecule has 0 radical (unpaired) electrons. The molecule has 0 fully saturated rings. The highest BCUT2D eigenvalue weighted by Gasteiger charge is 2.07. The first-order chi connectivity index (χ1) is 8.54. The summed E-state index contributed by atoms with van der Waals surface area (Å²) in [6, 6.07) is 5.60. The highest BCUT2D eigenvalue weighted by molar-refractivity contribution is 7.99. The smallest absolute Gasteiger partial charge is 0.248 e. The molecule has 0 spiro atoms. The molecule has 100 valence electrons. The topological polar surface area (TPSA) is 55.1 Å². The quantitative estimate of drug-likeness (QED) is 0.810. The summed E-state index contributed by atoms with van der Waals surface area (Å²) in [5.41, 5.74) is 6.62. The Labute approximate surface area is 117 Å². The van der Waals surface area contributed by atoms with Crippen molar-refractivity contribution in [2.24, 2.45) is 5.73 Å². The average molecular weight is 287 g/mol. The molecule has 0 saturated heterocycles. The number of hydrogen-bond donors (Lipinski definition) is 2. The van der Waals surface area contributed by atoms with Gasteiger partial charge in [0, 0.05) is 28.9 Å². The standard InChI is InChI=1S/C13H19ClN2OS/c1-3-18-8-9(2)16-7-11-5-4-10(13(15)17)6-12(11)14/h4-6,9,16H,3,7-8H2,1-2H3,(H2,15,17). The van der Waals surface area contributed by atoms with E-state index in [1.54, 1.807) is 12.1 Å². The summed E-state index contributed by atoms with van der Waals surface area (Å²) in [5.74, 6) is 1.75. The van der Waals surface area contributed by atoms with Crippen molar-refractivity contribution in [3.05, 3.63) is 34.3 Å². The van der Waals surface area contributed by atoms with Gasteiger partial charge in [0.05, 0.1) is 0 Å². The molecule has 1 amide bonds. The van der Waals surface area contributed by atoms with Crippen molar-refractivity contribution in [1.29, 1.82) is 0 Å². The van der Waals surface area contributed by atoms with Crippen molar-refractivity contribution >= 4 is 29.3 Å². The van der Waals surface area contributed by atoms with Gasteiger partial charge in [0.1, 0.15) is 0 Å². The first-order valence-electron chi connectivity index (χ1n) is 5.94. The monoisotopic (exact) mass is 286 g/mol. The van der Waals surface area contributed by atoms with E-state index in [2.05, 4.69) is 19.2 Å². The zero-order chi connectivity index (χ0) is 13.5. The Morgan fingerprint density at radius 2 is 2.28 bits per heavy atom. The molecule has 5 heteroatoms. The summed E-state index contributed by atoms with van der Waals surface area (Å²) >= 11 is 8.01. The molecule has 3 nitrogen and oxygen atoms in total. The third kappa shape index (κ3) is 4.88. The van der Waals surface area contributed by atoms with Crippen LogP contribution in [0.5, 0.6) is 0 Å². The molecule has 0 heterocycles. The van der Waals surface area contributed by atoms with Crippen LogP contribution in [0.25, 0.3) is 0 Å². The minimum Gasteiger partial charge on any atom is -0.366 e. The van der Waals surface area contributed by atoms with Crippen LogP contribution in [-0.4, -0.2) is 23.5 Å².